The summed E-state index contributed by atoms with van der Waals surface area (Å²) in [4.78, 5) is 26.4. The molecule has 0 saturated carbocycles. The molecular weight excluding hydrogens is 344 g/mol. The van der Waals surface area contributed by atoms with Crippen molar-refractivity contribution in [2.75, 3.05) is 18.5 Å². The van der Waals surface area contributed by atoms with Crippen LogP contribution in [0.2, 0.25) is 0 Å². The molecule has 1 N–H and O–H groups in total. The normalized spacial score (nSPS) is 12.3. The number of esters is 1. The zero-order valence-corrected chi connectivity index (χ0v) is 15.3. The highest BCUT2D eigenvalue weighted by molar-refractivity contribution is 7.20. The van der Waals surface area contributed by atoms with E-state index in [0.717, 1.165) is 26.6 Å². The van der Waals surface area contributed by atoms with Gasteiger partial charge in [0.15, 0.2) is 0 Å². The first-order valence-electron chi connectivity index (χ1n) is 7.66. The number of ether oxygens (including phenoxy) is 1. The van der Waals surface area contributed by atoms with Crippen LogP contribution in [0.25, 0.3) is 10.2 Å². The van der Waals surface area contributed by atoms with Crippen molar-refractivity contribution in [3.05, 3.63) is 33.4 Å². The van der Waals surface area contributed by atoms with Crippen molar-refractivity contribution in [1.29, 1.82) is 0 Å². The molecule has 0 radical (unpaired) electrons. The summed E-state index contributed by atoms with van der Waals surface area (Å²) < 4.78 is 5.12. The summed E-state index contributed by atoms with van der Waals surface area (Å²) in [5.41, 5.74) is 0.860. The van der Waals surface area contributed by atoms with Crippen molar-refractivity contribution in [2.24, 2.45) is 0 Å². The summed E-state index contributed by atoms with van der Waals surface area (Å²) in [6, 6.07) is 0. The Kier molecular flexibility index (Phi) is 5.06. The van der Waals surface area contributed by atoms with Gasteiger partial charge in [-0.05, 0) is 19.4 Å². The van der Waals surface area contributed by atoms with Crippen LogP contribution in [0, 0.1) is 6.92 Å². The molecule has 126 valence electrons. The smallest absolute Gasteiger partial charge is 0.348 e. The fraction of sp³-hybridized carbons (Fsp3) is 0.375. The fourth-order valence-electron chi connectivity index (χ4n) is 2.41. The molecule has 0 aliphatic carbocycles. The van der Waals surface area contributed by atoms with Crippen LogP contribution in [-0.2, 0) is 4.74 Å². The van der Waals surface area contributed by atoms with Gasteiger partial charge >= 0.3 is 5.97 Å². The van der Waals surface area contributed by atoms with Gasteiger partial charge in [0.2, 0.25) is 0 Å². The Balaban J connectivity index is 1.87. The number of aromatic nitrogens is 3. The quantitative estimate of drug-likeness (QED) is 0.671. The van der Waals surface area contributed by atoms with E-state index in [2.05, 4.69) is 27.2 Å². The number of nitrogens with one attached hydrogen (secondary N) is 1. The molecule has 3 aromatic heterocycles. The zero-order valence-electron chi connectivity index (χ0n) is 13.7. The van der Waals surface area contributed by atoms with Gasteiger partial charge < -0.3 is 10.1 Å². The number of rotatable bonds is 6. The van der Waals surface area contributed by atoms with Crippen molar-refractivity contribution in [3.63, 3.8) is 0 Å². The van der Waals surface area contributed by atoms with Crippen LogP contribution in [-0.4, -0.2) is 34.1 Å². The number of anilines is 1. The van der Waals surface area contributed by atoms with E-state index in [0.29, 0.717) is 18.0 Å². The first-order chi connectivity index (χ1) is 11.6. The Morgan fingerprint density at radius 3 is 2.92 bits per heavy atom. The molecule has 0 fully saturated rings. The highest BCUT2D eigenvalue weighted by atomic mass is 32.1. The first-order valence-corrected chi connectivity index (χ1v) is 9.35. The van der Waals surface area contributed by atoms with Gasteiger partial charge in [0.1, 0.15) is 21.9 Å². The van der Waals surface area contributed by atoms with E-state index < -0.39 is 0 Å². The number of thiophene rings is 1. The number of fused-ring (bicyclic) bond motifs is 1. The van der Waals surface area contributed by atoms with Crippen molar-refractivity contribution in [1.82, 2.24) is 15.0 Å². The highest BCUT2D eigenvalue weighted by Gasteiger charge is 2.20. The van der Waals surface area contributed by atoms with Gasteiger partial charge in [0.25, 0.3) is 0 Å². The number of hydrogen-bond acceptors (Lipinski definition) is 8. The predicted molar refractivity (Wildman–Crippen MR) is 97.1 cm³/mol. The number of nitrogens with zero attached hydrogens (tertiary/aromatic N) is 3. The van der Waals surface area contributed by atoms with Crippen LogP contribution in [0.1, 0.15) is 40.0 Å². The lowest BCUT2D eigenvalue weighted by Gasteiger charge is -2.11. The second-order valence-electron chi connectivity index (χ2n) is 5.33. The Morgan fingerprint density at radius 2 is 2.21 bits per heavy atom. The molecule has 0 bridgehead atoms. The molecular formula is C16H18N4O2S2. The highest BCUT2D eigenvalue weighted by Crippen LogP contribution is 2.34. The summed E-state index contributed by atoms with van der Waals surface area (Å²) in [5, 5.41) is 7.32. The van der Waals surface area contributed by atoms with E-state index in [1.54, 1.807) is 18.3 Å². The zero-order chi connectivity index (χ0) is 17.1. The van der Waals surface area contributed by atoms with E-state index in [-0.39, 0.29) is 11.9 Å². The number of carbonyl (C=O) groups is 1. The monoisotopic (exact) mass is 362 g/mol. The number of thiazole rings is 1. The maximum absolute atomic E-state index is 12.1. The Bertz CT molecular complexity index is 845. The molecule has 0 aromatic carbocycles. The summed E-state index contributed by atoms with van der Waals surface area (Å²) in [6.07, 6.45) is 3.33. The van der Waals surface area contributed by atoms with E-state index in [1.807, 2.05) is 18.5 Å². The lowest BCUT2D eigenvalue weighted by molar-refractivity contribution is 0.0531. The van der Waals surface area contributed by atoms with Crippen LogP contribution in [0.5, 0.6) is 0 Å². The van der Waals surface area contributed by atoms with Crippen molar-refractivity contribution < 1.29 is 9.53 Å². The lowest BCUT2D eigenvalue weighted by Crippen LogP contribution is -2.11. The lowest BCUT2D eigenvalue weighted by atomic mass is 10.1. The Morgan fingerprint density at radius 1 is 1.38 bits per heavy atom. The van der Waals surface area contributed by atoms with Gasteiger partial charge in [0, 0.05) is 24.0 Å². The molecule has 3 aromatic rings. The molecule has 0 spiro atoms. The third-order valence-electron chi connectivity index (χ3n) is 3.64. The van der Waals surface area contributed by atoms with Gasteiger partial charge in [-0.25, -0.2) is 19.7 Å². The van der Waals surface area contributed by atoms with Crippen LogP contribution in [0.3, 0.4) is 0 Å². The summed E-state index contributed by atoms with van der Waals surface area (Å²) in [6.45, 7) is 6.89. The van der Waals surface area contributed by atoms with Crippen LogP contribution < -0.4 is 5.32 Å². The molecule has 24 heavy (non-hydrogen) atoms. The fourth-order valence-corrected chi connectivity index (χ4v) is 4.15. The van der Waals surface area contributed by atoms with Gasteiger partial charge in [-0.1, -0.05) is 6.92 Å². The van der Waals surface area contributed by atoms with E-state index >= 15 is 0 Å². The van der Waals surface area contributed by atoms with Crippen LogP contribution in [0.15, 0.2) is 17.9 Å². The largest absolute Gasteiger partial charge is 0.462 e. The van der Waals surface area contributed by atoms with Crippen molar-refractivity contribution in [3.8, 4) is 0 Å². The third-order valence-corrected chi connectivity index (χ3v) is 5.82. The van der Waals surface area contributed by atoms with Crippen molar-refractivity contribution in [2.45, 2.75) is 26.7 Å². The summed E-state index contributed by atoms with van der Waals surface area (Å²) >= 11 is 2.99. The minimum atomic E-state index is -0.305. The molecule has 0 aliphatic heterocycles. The molecule has 3 heterocycles. The minimum Gasteiger partial charge on any atom is -0.462 e. The molecule has 0 amide bonds. The predicted octanol–water partition coefficient (Wildman–Crippen LogP) is 3.85. The first kappa shape index (κ1) is 16.8. The van der Waals surface area contributed by atoms with Crippen LogP contribution in [0.4, 0.5) is 5.82 Å². The summed E-state index contributed by atoms with van der Waals surface area (Å²) in [5.74, 6) is 0.714. The minimum absolute atomic E-state index is 0.276. The molecule has 1 atom stereocenters. The second-order valence-corrected chi connectivity index (χ2v) is 7.26. The number of hydrogen-bond donors (Lipinski definition) is 1. The maximum Gasteiger partial charge on any atom is 0.348 e. The van der Waals surface area contributed by atoms with Gasteiger partial charge in [-0.2, -0.15) is 0 Å². The van der Waals surface area contributed by atoms with E-state index in [4.69, 9.17) is 4.74 Å². The molecule has 6 nitrogen and oxygen atoms in total. The van der Waals surface area contributed by atoms with Gasteiger partial charge in [-0.3, -0.25) is 0 Å². The van der Waals surface area contributed by atoms with Gasteiger partial charge in [-0.15, -0.1) is 22.7 Å². The number of aryl methyl sites for hydroxylation is 1. The molecule has 0 aliphatic rings. The number of carbonyl (C=O) groups excluding carboxylic acids is 1. The molecule has 3 rings (SSSR count). The standard InChI is InChI=1S/C16H18N4O2S2/c1-4-22-16(21)12-10(3)11-13(19-8-20-15(11)24-12)18-7-9(2)14-17-5-6-23-14/h5-6,8-9H,4,7H2,1-3H3,(H,18,19,20). The average molecular weight is 362 g/mol. The van der Waals surface area contributed by atoms with E-state index in [9.17, 15) is 4.79 Å². The molecule has 8 heteroatoms. The molecule has 1 unspecified atom stereocenters. The van der Waals surface area contributed by atoms with Crippen LogP contribution >= 0.6 is 22.7 Å². The Hall–Kier alpha value is -2.06. The summed E-state index contributed by atoms with van der Waals surface area (Å²) in [7, 11) is 0. The Labute approximate surface area is 147 Å². The third kappa shape index (κ3) is 3.25. The average Bonchev–Trinajstić information content (AvgIpc) is 3.21. The maximum atomic E-state index is 12.1. The van der Waals surface area contributed by atoms with E-state index in [1.165, 1.54) is 17.7 Å². The van der Waals surface area contributed by atoms with Gasteiger partial charge in [0.05, 0.1) is 17.0 Å². The SMILES string of the molecule is CCOC(=O)c1sc2ncnc(NCC(C)c3nccs3)c2c1C. The molecule has 0 saturated heterocycles. The topological polar surface area (TPSA) is 77.0 Å². The van der Waals surface area contributed by atoms with Crippen molar-refractivity contribution >= 4 is 44.7 Å². The second kappa shape index (κ2) is 7.23.